The van der Waals surface area contributed by atoms with Crippen LogP contribution in [-0.2, 0) is 13.0 Å². The first-order valence-electron chi connectivity index (χ1n) is 9.93. The molecule has 0 aliphatic heterocycles. The number of nitrogens with one attached hydrogen (secondary N) is 1. The van der Waals surface area contributed by atoms with Crippen LogP contribution in [-0.4, -0.2) is 43.8 Å². The van der Waals surface area contributed by atoms with Gasteiger partial charge in [0.05, 0.1) is 21.3 Å². The summed E-state index contributed by atoms with van der Waals surface area (Å²) in [5.74, 6) is 2.00. The number of aromatic nitrogens is 1. The molecule has 1 heterocycles. The Kier molecular flexibility index (Phi) is 7.70. The van der Waals surface area contributed by atoms with Gasteiger partial charge in [-0.05, 0) is 54.1 Å². The molecule has 0 spiro atoms. The molecule has 3 rings (SSSR count). The topological polar surface area (TPSA) is 72.9 Å². The van der Waals surface area contributed by atoms with Crippen molar-refractivity contribution < 1.29 is 19.0 Å². The number of pyridine rings is 1. The number of carbonyl (C=O) groups excluding carboxylic acids is 1. The van der Waals surface area contributed by atoms with Gasteiger partial charge in [-0.2, -0.15) is 0 Å². The lowest BCUT2D eigenvalue weighted by Crippen LogP contribution is -2.36. The first kappa shape index (κ1) is 22.0. The molecule has 2 aromatic carbocycles. The molecule has 7 heteroatoms. The van der Waals surface area contributed by atoms with Gasteiger partial charge in [0.25, 0.3) is 0 Å². The largest absolute Gasteiger partial charge is 0.497 e. The Morgan fingerprint density at radius 3 is 2.35 bits per heavy atom. The van der Waals surface area contributed by atoms with Crippen LogP contribution in [0.2, 0.25) is 0 Å². The second-order valence-electron chi connectivity index (χ2n) is 6.84. The third kappa shape index (κ3) is 6.12. The van der Waals surface area contributed by atoms with Crippen molar-refractivity contribution in [1.82, 2.24) is 9.88 Å². The van der Waals surface area contributed by atoms with Gasteiger partial charge in [-0.1, -0.05) is 12.1 Å². The Balaban J connectivity index is 1.76. The summed E-state index contributed by atoms with van der Waals surface area (Å²) in [5, 5.41) is 2.96. The number of methoxy groups -OCH3 is 3. The standard InChI is InChI=1S/C24H27N3O4/c1-29-21-10-8-20(9-11-21)26-24(28)27(15-13-19-6-4-5-14-25-19)17-18-7-12-22(30-2)23(16-18)31-3/h4-12,14,16H,13,15,17H2,1-3H3,(H,26,28). The van der Waals surface area contributed by atoms with Gasteiger partial charge in [0.2, 0.25) is 0 Å². The maximum atomic E-state index is 13.1. The Hall–Kier alpha value is -3.74. The normalized spacial score (nSPS) is 10.3. The molecule has 0 aliphatic carbocycles. The lowest BCUT2D eigenvalue weighted by atomic mass is 10.1. The predicted molar refractivity (Wildman–Crippen MR) is 120 cm³/mol. The Labute approximate surface area is 182 Å². The fourth-order valence-electron chi connectivity index (χ4n) is 3.12. The van der Waals surface area contributed by atoms with E-state index in [-0.39, 0.29) is 6.03 Å². The van der Waals surface area contributed by atoms with Crippen molar-refractivity contribution >= 4 is 11.7 Å². The monoisotopic (exact) mass is 421 g/mol. The smallest absolute Gasteiger partial charge is 0.322 e. The van der Waals surface area contributed by atoms with Gasteiger partial charge in [-0.15, -0.1) is 0 Å². The zero-order chi connectivity index (χ0) is 22.1. The molecule has 0 saturated heterocycles. The van der Waals surface area contributed by atoms with Gasteiger partial charge in [0.15, 0.2) is 11.5 Å². The van der Waals surface area contributed by atoms with Crippen molar-refractivity contribution in [2.75, 3.05) is 33.2 Å². The summed E-state index contributed by atoms with van der Waals surface area (Å²) >= 11 is 0. The molecule has 0 fully saturated rings. The highest BCUT2D eigenvalue weighted by molar-refractivity contribution is 5.89. The zero-order valence-electron chi connectivity index (χ0n) is 18.0. The molecule has 162 valence electrons. The first-order valence-corrected chi connectivity index (χ1v) is 9.93. The van der Waals surface area contributed by atoms with E-state index in [0.717, 1.165) is 17.0 Å². The lowest BCUT2D eigenvalue weighted by Gasteiger charge is -2.24. The molecular weight excluding hydrogens is 394 g/mol. The van der Waals surface area contributed by atoms with Gasteiger partial charge in [0, 0.05) is 37.1 Å². The van der Waals surface area contributed by atoms with Crippen molar-refractivity contribution in [3.05, 3.63) is 78.1 Å². The predicted octanol–water partition coefficient (Wildman–Crippen LogP) is 4.38. The number of nitrogens with zero attached hydrogens (tertiary/aromatic N) is 2. The molecule has 3 aromatic rings. The molecule has 7 nitrogen and oxygen atoms in total. The minimum absolute atomic E-state index is 0.198. The number of hydrogen-bond acceptors (Lipinski definition) is 5. The van der Waals surface area contributed by atoms with E-state index < -0.39 is 0 Å². The van der Waals surface area contributed by atoms with Crippen molar-refractivity contribution in [2.45, 2.75) is 13.0 Å². The van der Waals surface area contributed by atoms with E-state index in [2.05, 4.69) is 10.3 Å². The SMILES string of the molecule is COc1ccc(NC(=O)N(CCc2ccccn2)Cc2ccc(OC)c(OC)c2)cc1. The Morgan fingerprint density at radius 1 is 0.935 bits per heavy atom. The zero-order valence-corrected chi connectivity index (χ0v) is 18.0. The molecule has 2 amide bonds. The third-order valence-corrected chi connectivity index (χ3v) is 4.81. The molecule has 0 radical (unpaired) electrons. The van der Waals surface area contributed by atoms with Crippen molar-refractivity contribution in [2.24, 2.45) is 0 Å². The molecular formula is C24H27N3O4. The summed E-state index contributed by atoms with van der Waals surface area (Å²) in [6, 6.07) is 18.5. The van der Waals surface area contributed by atoms with Gasteiger partial charge in [-0.3, -0.25) is 4.98 Å². The van der Waals surface area contributed by atoms with E-state index in [1.54, 1.807) is 32.4 Å². The van der Waals surface area contributed by atoms with Crippen molar-refractivity contribution in [3.8, 4) is 17.2 Å². The van der Waals surface area contributed by atoms with Crippen LogP contribution < -0.4 is 19.5 Å². The highest BCUT2D eigenvalue weighted by Crippen LogP contribution is 2.28. The molecule has 31 heavy (non-hydrogen) atoms. The highest BCUT2D eigenvalue weighted by atomic mass is 16.5. The fourth-order valence-corrected chi connectivity index (χ4v) is 3.12. The quantitative estimate of drug-likeness (QED) is 0.555. The van der Waals surface area contributed by atoms with E-state index >= 15 is 0 Å². The summed E-state index contributed by atoms with van der Waals surface area (Å²) < 4.78 is 15.9. The minimum Gasteiger partial charge on any atom is -0.497 e. The summed E-state index contributed by atoms with van der Waals surface area (Å²) in [5.41, 5.74) is 2.56. The molecule has 1 aromatic heterocycles. The van der Waals surface area contributed by atoms with Gasteiger partial charge in [0.1, 0.15) is 5.75 Å². The maximum absolute atomic E-state index is 13.1. The van der Waals surface area contributed by atoms with Crippen LogP contribution in [0.3, 0.4) is 0 Å². The van der Waals surface area contributed by atoms with E-state index in [1.807, 2.05) is 60.7 Å². The molecule has 0 bridgehead atoms. The second-order valence-corrected chi connectivity index (χ2v) is 6.84. The van der Waals surface area contributed by atoms with E-state index in [9.17, 15) is 4.79 Å². The number of amides is 2. The summed E-state index contributed by atoms with van der Waals surface area (Å²) in [4.78, 5) is 19.2. The molecule has 0 atom stereocenters. The number of anilines is 1. The average Bonchev–Trinajstić information content (AvgIpc) is 2.82. The summed E-state index contributed by atoms with van der Waals surface area (Å²) in [6.07, 6.45) is 2.40. The van der Waals surface area contributed by atoms with Gasteiger partial charge < -0.3 is 24.4 Å². The van der Waals surface area contributed by atoms with Crippen LogP contribution in [0.1, 0.15) is 11.3 Å². The highest BCUT2D eigenvalue weighted by Gasteiger charge is 2.16. The second kappa shape index (κ2) is 10.9. The average molecular weight is 421 g/mol. The van der Waals surface area contributed by atoms with Crippen LogP contribution in [0, 0.1) is 0 Å². The summed E-state index contributed by atoms with van der Waals surface area (Å²) in [6.45, 7) is 0.919. The van der Waals surface area contributed by atoms with Crippen LogP contribution >= 0.6 is 0 Å². The van der Waals surface area contributed by atoms with Crippen LogP contribution in [0.25, 0.3) is 0 Å². The summed E-state index contributed by atoms with van der Waals surface area (Å²) in [7, 11) is 4.80. The number of ether oxygens (including phenoxy) is 3. The van der Waals surface area contributed by atoms with Crippen molar-refractivity contribution in [1.29, 1.82) is 0 Å². The van der Waals surface area contributed by atoms with E-state index in [4.69, 9.17) is 14.2 Å². The maximum Gasteiger partial charge on any atom is 0.322 e. The number of benzene rings is 2. The molecule has 0 unspecified atom stereocenters. The third-order valence-electron chi connectivity index (χ3n) is 4.81. The number of hydrogen-bond donors (Lipinski definition) is 1. The van der Waals surface area contributed by atoms with Crippen LogP contribution in [0.15, 0.2) is 66.9 Å². The number of rotatable bonds is 9. The van der Waals surface area contributed by atoms with Gasteiger partial charge in [-0.25, -0.2) is 4.79 Å². The van der Waals surface area contributed by atoms with Crippen LogP contribution in [0.5, 0.6) is 17.2 Å². The minimum atomic E-state index is -0.198. The first-order chi connectivity index (χ1) is 15.1. The van der Waals surface area contributed by atoms with Crippen LogP contribution in [0.4, 0.5) is 10.5 Å². The molecule has 0 saturated carbocycles. The molecule has 0 aliphatic rings. The number of urea groups is 1. The Bertz CT molecular complexity index is 978. The number of carbonyl (C=O) groups is 1. The fraction of sp³-hybridized carbons (Fsp3) is 0.250. The molecule has 1 N–H and O–H groups in total. The Morgan fingerprint density at radius 2 is 1.71 bits per heavy atom. The van der Waals surface area contributed by atoms with Gasteiger partial charge >= 0.3 is 6.03 Å². The van der Waals surface area contributed by atoms with Crippen molar-refractivity contribution in [3.63, 3.8) is 0 Å². The lowest BCUT2D eigenvalue weighted by molar-refractivity contribution is 0.209. The van der Waals surface area contributed by atoms with E-state index in [1.165, 1.54) is 0 Å². The van der Waals surface area contributed by atoms with E-state index in [0.29, 0.717) is 36.7 Å².